The molecule has 1 atom stereocenters. The highest BCUT2D eigenvalue weighted by atomic mass is 79.9. The van der Waals surface area contributed by atoms with E-state index in [1.165, 1.54) is 25.3 Å². The second kappa shape index (κ2) is 10.2. The van der Waals surface area contributed by atoms with Gasteiger partial charge in [0.1, 0.15) is 5.82 Å². The van der Waals surface area contributed by atoms with Crippen LogP contribution in [-0.2, 0) is 9.53 Å². The third-order valence-electron chi connectivity index (χ3n) is 4.46. The van der Waals surface area contributed by atoms with E-state index in [0.717, 1.165) is 4.68 Å². The summed E-state index contributed by atoms with van der Waals surface area (Å²) < 4.78 is 12.7. The summed E-state index contributed by atoms with van der Waals surface area (Å²) in [4.78, 5) is 40.4. The number of fused-ring (bicyclic) bond motifs is 1. The third kappa shape index (κ3) is 5.45. The quantitative estimate of drug-likeness (QED) is 0.176. The number of ether oxygens (including phenoxy) is 2. The van der Waals surface area contributed by atoms with Crippen LogP contribution in [0.5, 0.6) is 5.75 Å². The summed E-state index contributed by atoms with van der Waals surface area (Å²) in [5.41, 5.74) is -0.112. The van der Waals surface area contributed by atoms with Gasteiger partial charge in [-0.25, -0.2) is 9.78 Å². The first-order chi connectivity index (χ1) is 15.6. The molecular weight excluding hydrogens is 564 g/mol. The fourth-order valence-electron chi connectivity index (χ4n) is 2.96. The van der Waals surface area contributed by atoms with Gasteiger partial charge in [0.15, 0.2) is 6.10 Å². The van der Waals surface area contributed by atoms with Gasteiger partial charge in [-0.1, -0.05) is 31.9 Å². The zero-order chi connectivity index (χ0) is 24.3. The molecule has 3 rings (SSSR count). The van der Waals surface area contributed by atoms with E-state index in [-0.39, 0.29) is 23.6 Å². The molecule has 0 fully saturated rings. The molecule has 2 aromatic carbocycles. The van der Waals surface area contributed by atoms with Gasteiger partial charge in [0, 0.05) is 20.6 Å². The smallest absolute Gasteiger partial charge is 0.347 e. The van der Waals surface area contributed by atoms with E-state index in [9.17, 15) is 19.7 Å². The largest absolute Gasteiger partial charge is 0.471 e. The fraction of sp³-hybridized carbons (Fsp3) is 0.238. The average molecular weight is 582 g/mol. The zero-order valence-electron chi connectivity index (χ0n) is 17.7. The van der Waals surface area contributed by atoms with Crippen molar-refractivity contribution in [1.82, 2.24) is 9.66 Å². The number of nitrogens with zero attached hydrogens (tertiary/aromatic N) is 4. The molecule has 12 heteroatoms. The molecule has 0 aliphatic heterocycles. The van der Waals surface area contributed by atoms with Crippen LogP contribution in [0.25, 0.3) is 10.9 Å². The van der Waals surface area contributed by atoms with Crippen LogP contribution >= 0.6 is 31.9 Å². The molecule has 0 aliphatic rings. The van der Waals surface area contributed by atoms with Gasteiger partial charge >= 0.3 is 11.7 Å². The van der Waals surface area contributed by atoms with Crippen molar-refractivity contribution in [2.45, 2.75) is 26.9 Å². The molecule has 3 aromatic rings. The Balaban J connectivity index is 2.12. The van der Waals surface area contributed by atoms with Crippen LogP contribution in [0.4, 0.5) is 5.69 Å². The molecule has 0 N–H and O–H groups in total. The molecule has 1 heterocycles. The normalized spacial score (nSPS) is 12.2. The van der Waals surface area contributed by atoms with Crippen molar-refractivity contribution in [3.8, 4) is 5.75 Å². The molecule has 0 saturated heterocycles. The van der Waals surface area contributed by atoms with Crippen LogP contribution < -0.4 is 10.3 Å². The molecule has 1 aromatic heterocycles. The number of nitro groups is 1. The van der Waals surface area contributed by atoms with Gasteiger partial charge in [0.25, 0.3) is 5.56 Å². The van der Waals surface area contributed by atoms with Crippen LogP contribution in [0, 0.1) is 17.0 Å². The number of benzene rings is 2. The first kappa shape index (κ1) is 24.5. The van der Waals surface area contributed by atoms with Crippen LogP contribution in [0.2, 0.25) is 0 Å². The second-order valence-corrected chi connectivity index (χ2v) is 8.63. The van der Waals surface area contributed by atoms with Crippen molar-refractivity contribution < 1.29 is 19.2 Å². The Bertz CT molecular complexity index is 1340. The Morgan fingerprint density at radius 3 is 2.70 bits per heavy atom. The van der Waals surface area contributed by atoms with Gasteiger partial charge in [-0.2, -0.15) is 9.78 Å². The Labute approximate surface area is 204 Å². The van der Waals surface area contributed by atoms with Crippen LogP contribution in [0.15, 0.2) is 49.2 Å². The van der Waals surface area contributed by atoms with Gasteiger partial charge < -0.3 is 9.47 Å². The zero-order valence-corrected chi connectivity index (χ0v) is 20.9. The monoisotopic (exact) mass is 580 g/mol. The maximum atomic E-state index is 13.0. The summed E-state index contributed by atoms with van der Waals surface area (Å²) in [6.07, 6.45) is 0.131. The number of halogens is 2. The summed E-state index contributed by atoms with van der Waals surface area (Å²) in [6.45, 7) is 4.81. The summed E-state index contributed by atoms with van der Waals surface area (Å²) in [7, 11) is 0. The van der Waals surface area contributed by atoms with Crippen LogP contribution in [0.3, 0.4) is 0 Å². The maximum Gasteiger partial charge on any atom is 0.347 e. The van der Waals surface area contributed by atoms with Gasteiger partial charge in [-0.05, 0) is 45.0 Å². The number of rotatable bonds is 7. The predicted molar refractivity (Wildman–Crippen MR) is 129 cm³/mol. The van der Waals surface area contributed by atoms with Crippen LogP contribution in [0.1, 0.15) is 25.2 Å². The number of carbonyl (C=O) groups is 1. The lowest BCUT2D eigenvalue weighted by atomic mass is 10.2. The molecule has 0 bridgehead atoms. The minimum Gasteiger partial charge on any atom is -0.471 e. The summed E-state index contributed by atoms with van der Waals surface area (Å²) in [5, 5.41) is 16.2. The van der Waals surface area contributed by atoms with Crippen LogP contribution in [-0.4, -0.2) is 39.5 Å². The van der Waals surface area contributed by atoms with E-state index in [4.69, 9.17) is 9.47 Å². The minimum atomic E-state index is -1.11. The topological polar surface area (TPSA) is 126 Å². The Morgan fingerprint density at radius 1 is 1.30 bits per heavy atom. The Kier molecular flexibility index (Phi) is 7.59. The van der Waals surface area contributed by atoms with Crippen molar-refractivity contribution in [2.24, 2.45) is 5.10 Å². The predicted octanol–water partition coefficient (Wildman–Crippen LogP) is 4.35. The number of nitro benzene ring substituents is 1. The Morgan fingerprint density at radius 2 is 2.03 bits per heavy atom. The van der Waals surface area contributed by atoms with Crippen molar-refractivity contribution in [3.63, 3.8) is 0 Å². The summed E-state index contributed by atoms with van der Waals surface area (Å²) in [5.74, 6) is -0.540. The number of hydrogen-bond donors (Lipinski definition) is 0. The highest BCUT2D eigenvalue weighted by Gasteiger charge is 2.25. The average Bonchev–Trinajstić information content (AvgIpc) is 2.75. The van der Waals surface area contributed by atoms with E-state index in [1.807, 2.05) is 0 Å². The fourth-order valence-corrected chi connectivity index (χ4v) is 3.78. The number of esters is 1. The van der Waals surface area contributed by atoms with E-state index in [1.54, 1.807) is 32.0 Å². The van der Waals surface area contributed by atoms with E-state index >= 15 is 0 Å². The van der Waals surface area contributed by atoms with Gasteiger partial charge in [0.2, 0.25) is 5.75 Å². The number of aryl methyl sites for hydroxylation is 1. The molecule has 0 unspecified atom stereocenters. The summed E-state index contributed by atoms with van der Waals surface area (Å²) >= 11 is 6.56. The maximum absolute atomic E-state index is 13.0. The highest BCUT2D eigenvalue weighted by molar-refractivity contribution is 9.10. The van der Waals surface area contributed by atoms with Gasteiger partial charge in [-0.3, -0.25) is 14.9 Å². The molecule has 0 saturated carbocycles. The highest BCUT2D eigenvalue weighted by Crippen LogP contribution is 2.34. The van der Waals surface area contributed by atoms with Crippen molar-refractivity contribution in [1.29, 1.82) is 0 Å². The molecule has 172 valence electrons. The molecule has 10 nitrogen and oxygen atoms in total. The summed E-state index contributed by atoms with van der Waals surface area (Å²) in [6, 6.07) is 7.89. The van der Waals surface area contributed by atoms with E-state index < -0.39 is 22.6 Å². The lowest BCUT2D eigenvalue weighted by Gasteiger charge is -2.15. The molecule has 0 amide bonds. The molecule has 0 spiro atoms. The number of hydrogen-bond acceptors (Lipinski definition) is 8. The van der Waals surface area contributed by atoms with Gasteiger partial charge in [0.05, 0.1) is 28.6 Å². The lowest BCUT2D eigenvalue weighted by Crippen LogP contribution is -2.27. The first-order valence-electron chi connectivity index (χ1n) is 9.66. The first-order valence-corrected chi connectivity index (χ1v) is 11.3. The second-order valence-electron chi connectivity index (χ2n) is 6.79. The number of aromatic nitrogens is 2. The van der Waals surface area contributed by atoms with E-state index in [2.05, 4.69) is 41.9 Å². The third-order valence-corrected chi connectivity index (χ3v) is 5.41. The number of carbonyl (C=O) groups excluding carboxylic acids is 1. The molecule has 0 aliphatic carbocycles. The Hall–Kier alpha value is -3.12. The molecule has 33 heavy (non-hydrogen) atoms. The van der Waals surface area contributed by atoms with Crippen molar-refractivity contribution >= 4 is 60.6 Å². The molecule has 0 radical (unpaired) electrons. The van der Waals surface area contributed by atoms with Gasteiger partial charge in [-0.15, -0.1) is 0 Å². The van der Waals surface area contributed by atoms with Crippen molar-refractivity contribution in [3.05, 3.63) is 71.1 Å². The standard InChI is InChI=1S/C21H18Br2N4O6/c1-4-32-21(29)11(2)33-19-13(7-15(23)9-18(19)27(30)31)10-24-26-12(3)25-17-6-5-14(22)8-16(17)20(26)28/h5-11H,4H2,1-3H3/t11-/m0/s1. The lowest BCUT2D eigenvalue weighted by molar-refractivity contribution is -0.386. The minimum absolute atomic E-state index is 0.135. The van der Waals surface area contributed by atoms with Crippen molar-refractivity contribution in [2.75, 3.05) is 6.61 Å². The SMILES string of the molecule is CCOC(=O)[C@H](C)Oc1c(C=Nn2c(C)nc3ccc(Br)cc3c2=O)cc(Br)cc1[N+](=O)[O-]. The molecular formula is C21H18Br2N4O6. The van der Waals surface area contributed by atoms with E-state index in [0.29, 0.717) is 25.7 Å².